The summed E-state index contributed by atoms with van der Waals surface area (Å²) in [5.41, 5.74) is -4.10. The van der Waals surface area contributed by atoms with Crippen LogP contribution in [-0.4, -0.2) is 24.4 Å². The van der Waals surface area contributed by atoms with Gasteiger partial charge in [0.15, 0.2) is 0 Å². The highest BCUT2D eigenvalue weighted by molar-refractivity contribution is 8.00. The number of halogens is 3. The van der Waals surface area contributed by atoms with Gasteiger partial charge in [-0.15, -0.1) is 11.3 Å². The molecule has 0 saturated carbocycles. The van der Waals surface area contributed by atoms with E-state index in [1.54, 1.807) is 11.3 Å². The lowest BCUT2D eigenvalue weighted by atomic mass is 10.3. The molecule has 1 aromatic heterocycles. The van der Waals surface area contributed by atoms with Gasteiger partial charge in [0.25, 0.3) is 0 Å². The van der Waals surface area contributed by atoms with Gasteiger partial charge in [0, 0.05) is 17.2 Å². The van der Waals surface area contributed by atoms with Crippen molar-refractivity contribution < 1.29 is 13.2 Å². The van der Waals surface area contributed by atoms with Crippen LogP contribution >= 0.6 is 23.1 Å². The molecule has 0 spiro atoms. The topological polar surface area (TPSA) is 12.0 Å². The van der Waals surface area contributed by atoms with Crippen LogP contribution in [0.4, 0.5) is 13.2 Å². The number of rotatable bonds is 6. The lowest BCUT2D eigenvalue weighted by Crippen LogP contribution is -2.21. The van der Waals surface area contributed by atoms with Crippen LogP contribution in [0.2, 0.25) is 0 Å². The molecule has 0 fully saturated rings. The third kappa shape index (κ3) is 6.81. The second kappa shape index (κ2) is 6.40. The Bertz CT molecular complexity index is 259. The zero-order valence-electron chi connectivity index (χ0n) is 8.01. The van der Waals surface area contributed by atoms with Gasteiger partial charge in [0.2, 0.25) is 0 Å². The third-order valence-electron chi connectivity index (χ3n) is 1.67. The highest BCUT2D eigenvalue weighted by atomic mass is 32.2. The van der Waals surface area contributed by atoms with Gasteiger partial charge in [0.05, 0.1) is 0 Å². The summed E-state index contributed by atoms with van der Waals surface area (Å²) in [5, 5.41) is 4.98. The average molecular weight is 255 g/mol. The van der Waals surface area contributed by atoms with Crippen LogP contribution < -0.4 is 5.32 Å². The van der Waals surface area contributed by atoms with E-state index >= 15 is 0 Å². The molecule has 1 heterocycles. The van der Waals surface area contributed by atoms with Gasteiger partial charge < -0.3 is 5.32 Å². The lowest BCUT2D eigenvalue weighted by Gasteiger charge is -2.06. The number of hydrogen-bond acceptors (Lipinski definition) is 3. The maximum absolute atomic E-state index is 11.7. The first-order valence-electron chi connectivity index (χ1n) is 4.52. The van der Waals surface area contributed by atoms with Crippen molar-refractivity contribution >= 4 is 23.1 Å². The molecule has 1 aromatic rings. The molecular formula is C9H12F3NS2. The van der Waals surface area contributed by atoms with Crippen molar-refractivity contribution in [3.63, 3.8) is 0 Å². The molecule has 1 nitrogen and oxygen atoms in total. The summed E-state index contributed by atoms with van der Waals surface area (Å²) in [4.78, 5) is 1.26. The van der Waals surface area contributed by atoms with Gasteiger partial charge in [-0.25, -0.2) is 0 Å². The summed E-state index contributed by atoms with van der Waals surface area (Å²) >= 11 is 1.69. The van der Waals surface area contributed by atoms with Crippen molar-refractivity contribution in [2.24, 2.45) is 0 Å². The van der Waals surface area contributed by atoms with Crippen molar-refractivity contribution in [2.75, 3.05) is 18.8 Å². The minimum absolute atomic E-state index is 0.0216. The largest absolute Gasteiger partial charge is 0.441 e. The van der Waals surface area contributed by atoms with E-state index in [0.717, 1.165) is 13.0 Å². The smallest absolute Gasteiger partial charge is 0.316 e. The van der Waals surface area contributed by atoms with E-state index in [1.165, 1.54) is 4.88 Å². The van der Waals surface area contributed by atoms with Crippen molar-refractivity contribution in [3.05, 3.63) is 22.4 Å². The number of nitrogens with one attached hydrogen (secondary N) is 1. The van der Waals surface area contributed by atoms with E-state index in [2.05, 4.69) is 5.32 Å². The monoisotopic (exact) mass is 255 g/mol. The Hall–Kier alpha value is -0.200. The Labute approximate surface area is 95.1 Å². The molecule has 0 unspecified atom stereocenters. The number of thiophene rings is 1. The predicted octanol–water partition coefficient (Wildman–Crippen LogP) is 3.13. The van der Waals surface area contributed by atoms with E-state index < -0.39 is 5.51 Å². The average Bonchev–Trinajstić information content (AvgIpc) is 2.61. The van der Waals surface area contributed by atoms with Crippen LogP contribution in [0.5, 0.6) is 0 Å². The molecule has 0 amide bonds. The highest BCUT2D eigenvalue weighted by Crippen LogP contribution is 2.29. The van der Waals surface area contributed by atoms with Crippen LogP contribution in [0, 0.1) is 0 Å². The first kappa shape index (κ1) is 12.9. The summed E-state index contributed by atoms with van der Waals surface area (Å²) in [6, 6.07) is 4.00. The fourth-order valence-corrected chi connectivity index (χ4v) is 2.22. The van der Waals surface area contributed by atoms with Crippen LogP contribution in [-0.2, 0) is 6.42 Å². The van der Waals surface area contributed by atoms with E-state index in [4.69, 9.17) is 0 Å². The van der Waals surface area contributed by atoms with Gasteiger partial charge in [0.1, 0.15) is 0 Å². The fraction of sp³-hybridized carbons (Fsp3) is 0.556. The summed E-state index contributed by atoms with van der Waals surface area (Å²) in [6.45, 7) is 1.13. The van der Waals surface area contributed by atoms with Crippen molar-refractivity contribution in [3.8, 4) is 0 Å². The zero-order chi connectivity index (χ0) is 11.1. The summed E-state index contributed by atoms with van der Waals surface area (Å²) in [5.74, 6) is 0.0773. The quantitative estimate of drug-likeness (QED) is 0.784. The van der Waals surface area contributed by atoms with Crippen LogP contribution in [0.3, 0.4) is 0 Å². The fourth-order valence-electron chi connectivity index (χ4n) is 1.03. The third-order valence-corrected chi connectivity index (χ3v) is 3.34. The second-order valence-electron chi connectivity index (χ2n) is 2.87. The SMILES string of the molecule is FC(F)(F)SCCNCCc1cccs1. The number of hydrogen-bond donors (Lipinski definition) is 1. The molecule has 86 valence electrons. The first-order valence-corrected chi connectivity index (χ1v) is 6.38. The van der Waals surface area contributed by atoms with Gasteiger partial charge >= 0.3 is 5.51 Å². The molecular weight excluding hydrogens is 243 g/mol. The molecule has 6 heteroatoms. The van der Waals surface area contributed by atoms with Gasteiger partial charge in [-0.3, -0.25) is 0 Å². The van der Waals surface area contributed by atoms with Crippen LogP contribution in [0.15, 0.2) is 17.5 Å². The molecule has 1 rings (SSSR count). The normalized spacial score (nSPS) is 11.9. The Balaban J connectivity index is 1.94. The Morgan fingerprint density at radius 1 is 1.33 bits per heavy atom. The summed E-state index contributed by atoms with van der Waals surface area (Å²) in [6.07, 6.45) is 0.883. The molecule has 0 aromatic carbocycles. The molecule has 0 bridgehead atoms. The van der Waals surface area contributed by atoms with Crippen LogP contribution in [0.25, 0.3) is 0 Å². The molecule has 0 aliphatic rings. The molecule has 0 atom stereocenters. The van der Waals surface area contributed by atoms with Crippen molar-refractivity contribution in [2.45, 2.75) is 11.9 Å². The first-order chi connectivity index (χ1) is 7.08. The minimum Gasteiger partial charge on any atom is -0.316 e. The summed E-state index contributed by atoms with van der Waals surface area (Å²) in [7, 11) is 0. The van der Waals surface area contributed by atoms with E-state index in [0.29, 0.717) is 6.54 Å². The van der Waals surface area contributed by atoms with E-state index in [1.807, 2.05) is 17.5 Å². The van der Waals surface area contributed by atoms with E-state index in [-0.39, 0.29) is 17.5 Å². The number of alkyl halides is 3. The number of thioether (sulfide) groups is 1. The molecule has 1 N–H and O–H groups in total. The van der Waals surface area contributed by atoms with Crippen LogP contribution in [0.1, 0.15) is 4.88 Å². The second-order valence-corrected chi connectivity index (χ2v) is 5.07. The Kier molecular flexibility index (Phi) is 5.49. The van der Waals surface area contributed by atoms with Crippen molar-refractivity contribution in [1.29, 1.82) is 0 Å². The lowest BCUT2D eigenvalue weighted by molar-refractivity contribution is -0.0327. The van der Waals surface area contributed by atoms with Gasteiger partial charge in [-0.2, -0.15) is 13.2 Å². The Morgan fingerprint density at radius 2 is 2.13 bits per heavy atom. The van der Waals surface area contributed by atoms with Gasteiger partial charge in [-0.1, -0.05) is 6.07 Å². The zero-order valence-corrected chi connectivity index (χ0v) is 9.64. The molecule has 0 saturated heterocycles. The molecule has 0 aliphatic heterocycles. The molecule has 0 aliphatic carbocycles. The predicted molar refractivity (Wildman–Crippen MR) is 59.4 cm³/mol. The maximum Gasteiger partial charge on any atom is 0.441 e. The maximum atomic E-state index is 11.7. The highest BCUT2D eigenvalue weighted by Gasteiger charge is 2.27. The Morgan fingerprint density at radius 3 is 2.73 bits per heavy atom. The van der Waals surface area contributed by atoms with Crippen molar-refractivity contribution in [1.82, 2.24) is 5.32 Å². The van der Waals surface area contributed by atoms with E-state index in [9.17, 15) is 13.2 Å². The minimum atomic E-state index is -4.10. The summed E-state index contributed by atoms with van der Waals surface area (Å²) < 4.78 is 35.2. The standard InChI is InChI=1S/C9H12F3NS2/c10-9(11,12)15-7-5-13-4-3-8-2-1-6-14-8/h1-2,6,13H,3-5,7H2. The molecule has 15 heavy (non-hydrogen) atoms. The molecule has 0 radical (unpaired) electrons. The van der Waals surface area contributed by atoms with Gasteiger partial charge in [-0.05, 0) is 36.2 Å².